The molecule has 3 amide bonds. The predicted octanol–water partition coefficient (Wildman–Crippen LogP) is 1.30. The molecule has 2 bridgehead atoms. The Bertz CT molecular complexity index is 706. The molecule has 0 radical (unpaired) electrons. The van der Waals surface area contributed by atoms with Crippen molar-refractivity contribution in [3.8, 4) is 0 Å². The lowest BCUT2D eigenvalue weighted by Crippen LogP contribution is -2.33. The monoisotopic (exact) mass is 349 g/mol. The minimum absolute atomic E-state index is 0.335. The molecule has 136 valence electrons. The van der Waals surface area contributed by atoms with E-state index in [-0.39, 0.29) is 12.1 Å². The summed E-state index contributed by atoms with van der Waals surface area (Å²) < 4.78 is 6.88. The summed E-state index contributed by atoms with van der Waals surface area (Å²) in [5.74, 6) is 0. The molecule has 2 aliphatic heterocycles. The van der Waals surface area contributed by atoms with Crippen molar-refractivity contribution in [2.24, 2.45) is 0 Å². The highest BCUT2D eigenvalue weighted by atomic mass is 16.6. The van der Waals surface area contributed by atoms with E-state index in [2.05, 4.69) is 10.4 Å². The number of hydrogen-bond donors (Lipinski definition) is 2. The molecule has 9 heteroatoms. The van der Waals surface area contributed by atoms with Crippen molar-refractivity contribution in [1.82, 2.24) is 25.1 Å². The van der Waals surface area contributed by atoms with Gasteiger partial charge in [0.15, 0.2) is 0 Å². The molecule has 0 saturated carbocycles. The van der Waals surface area contributed by atoms with Crippen molar-refractivity contribution < 1.29 is 19.5 Å². The number of amides is 3. The van der Waals surface area contributed by atoms with Gasteiger partial charge in [-0.1, -0.05) is 0 Å². The van der Waals surface area contributed by atoms with Crippen LogP contribution < -0.4 is 5.32 Å². The lowest BCUT2D eigenvalue weighted by atomic mass is 10.2. The molecule has 1 saturated heterocycles. The van der Waals surface area contributed by atoms with Gasteiger partial charge in [-0.25, -0.2) is 14.3 Å². The molecule has 1 aromatic rings. The van der Waals surface area contributed by atoms with Crippen LogP contribution in [-0.4, -0.2) is 68.4 Å². The molecule has 1 aromatic heterocycles. The molecule has 3 heterocycles. The van der Waals surface area contributed by atoms with Crippen LogP contribution in [0.25, 0.3) is 5.70 Å². The van der Waals surface area contributed by atoms with Crippen LogP contribution in [-0.2, 0) is 11.2 Å². The topological polar surface area (TPSA) is 99.9 Å². The van der Waals surface area contributed by atoms with Crippen molar-refractivity contribution in [2.45, 2.75) is 38.8 Å². The predicted molar refractivity (Wildman–Crippen MR) is 88.8 cm³/mol. The molecule has 2 aliphatic rings. The van der Waals surface area contributed by atoms with Gasteiger partial charge >= 0.3 is 12.1 Å². The van der Waals surface area contributed by atoms with Crippen LogP contribution in [0.4, 0.5) is 9.59 Å². The largest absolute Gasteiger partial charge is 0.444 e. The van der Waals surface area contributed by atoms with Gasteiger partial charge in [-0.3, -0.25) is 5.21 Å². The van der Waals surface area contributed by atoms with Crippen LogP contribution in [0.1, 0.15) is 26.5 Å². The van der Waals surface area contributed by atoms with Crippen molar-refractivity contribution in [2.75, 3.05) is 19.6 Å². The first-order chi connectivity index (χ1) is 11.7. The van der Waals surface area contributed by atoms with Crippen LogP contribution in [0.3, 0.4) is 0 Å². The number of hydrogen-bond acceptors (Lipinski definition) is 5. The Balaban J connectivity index is 1.54. The van der Waals surface area contributed by atoms with Gasteiger partial charge in [0.1, 0.15) is 5.60 Å². The summed E-state index contributed by atoms with van der Waals surface area (Å²) in [5, 5.41) is 17.6. The lowest BCUT2D eigenvalue weighted by Gasteiger charge is -2.20. The van der Waals surface area contributed by atoms with E-state index in [1.54, 1.807) is 9.58 Å². The normalized spacial score (nSPS) is 19.9. The SMILES string of the molecule is CC(C)(C)OC(=O)NCCc1ccn(C2=CC3CN(C2)C(=O)N3O)n1. The minimum atomic E-state index is -0.522. The first-order valence-electron chi connectivity index (χ1n) is 8.22. The summed E-state index contributed by atoms with van der Waals surface area (Å²) in [7, 11) is 0. The fourth-order valence-electron chi connectivity index (χ4n) is 2.80. The average molecular weight is 349 g/mol. The van der Waals surface area contributed by atoms with Gasteiger partial charge in [0, 0.05) is 25.7 Å². The quantitative estimate of drug-likeness (QED) is 0.798. The van der Waals surface area contributed by atoms with Gasteiger partial charge in [-0.05, 0) is 32.9 Å². The van der Waals surface area contributed by atoms with Gasteiger partial charge < -0.3 is 15.0 Å². The van der Waals surface area contributed by atoms with Gasteiger partial charge in [-0.15, -0.1) is 0 Å². The number of ether oxygens (including phenoxy) is 1. The van der Waals surface area contributed by atoms with E-state index in [0.29, 0.717) is 26.1 Å². The van der Waals surface area contributed by atoms with Crippen LogP contribution in [0.15, 0.2) is 18.3 Å². The van der Waals surface area contributed by atoms with Gasteiger partial charge in [-0.2, -0.15) is 10.2 Å². The van der Waals surface area contributed by atoms with E-state index < -0.39 is 11.7 Å². The Morgan fingerprint density at radius 3 is 2.92 bits per heavy atom. The van der Waals surface area contributed by atoms with E-state index in [1.165, 1.54) is 0 Å². The maximum Gasteiger partial charge on any atom is 0.407 e. The van der Waals surface area contributed by atoms with Crippen molar-refractivity contribution in [3.63, 3.8) is 0 Å². The molecule has 0 spiro atoms. The zero-order valence-electron chi connectivity index (χ0n) is 14.6. The highest BCUT2D eigenvalue weighted by molar-refractivity contribution is 5.79. The zero-order chi connectivity index (χ0) is 18.2. The Labute approximate surface area is 145 Å². The Kier molecular flexibility index (Phi) is 4.42. The average Bonchev–Trinajstić information content (AvgIpc) is 3.06. The summed E-state index contributed by atoms with van der Waals surface area (Å²) in [6.45, 7) is 6.76. The first kappa shape index (κ1) is 17.3. The standard InChI is InChI=1S/C16H23N5O4/c1-16(2,3)25-14(22)17-6-4-11-5-7-20(18-11)12-8-13-10-19(9-12)15(23)21(13)24/h5,7-8,13,24H,4,6,9-10H2,1-3H3,(H,17,22). The molecule has 0 aliphatic carbocycles. The molecule has 1 unspecified atom stereocenters. The third-order valence-corrected chi connectivity index (χ3v) is 3.91. The highest BCUT2D eigenvalue weighted by Gasteiger charge is 2.39. The number of alkyl carbamates (subject to hydrolysis) is 1. The number of carbonyl (C=O) groups excluding carboxylic acids is 2. The number of nitrogens with one attached hydrogen (secondary N) is 1. The minimum Gasteiger partial charge on any atom is -0.444 e. The third kappa shape index (κ3) is 3.93. The van der Waals surface area contributed by atoms with Gasteiger partial charge in [0.2, 0.25) is 0 Å². The molecular formula is C16H23N5O4. The second-order valence-electron chi connectivity index (χ2n) is 7.16. The summed E-state index contributed by atoms with van der Waals surface area (Å²) in [6, 6.07) is 1.14. The fourth-order valence-corrected chi connectivity index (χ4v) is 2.80. The molecular weight excluding hydrogens is 326 g/mol. The molecule has 2 N–H and O–H groups in total. The van der Waals surface area contributed by atoms with Crippen LogP contribution in [0.5, 0.6) is 0 Å². The smallest absolute Gasteiger partial charge is 0.407 e. The first-order valence-corrected chi connectivity index (χ1v) is 8.22. The second kappa shape index (κ2) is 6.40. The number of nitrogens with zero attached hydrogens (tertiary/aromatic N) is 4. The van der Waals surface area contributed by atoms with Crippen molar-refractivity contribution >= 4 is 17.8 Å². The summed E-state index contributed by atoms with van der Waals surface area (Å²) in [6.07, 6.45) is 3.77. The van der Waals surface area contributed by atoms with E-state index in [9.17, 15) is 14.8 Å². The zero-order valence-corrected chi connectivity index (χ0v) is 14.6. The molecule has 1 fully saturated rings. The third-order valence-electron chi connectivity index (χ3n) is 3.91. The number of aromatic nitrogens is 2. The number of urea groups is 1. The highest BCUT2D eigenvalue weighted by Crippen LogP contribution is 2.24. The second-order valence-corrected chi connectivity index (χ2v) is 7.16. The van der Waals surface area contributed by atoms with E-state index in [4.69, 9.17) is 4.74 Å². The van der Waals surface area contributed by atoms with Crippen molar-refractivity contribution in [3.05, 3.63) is 24.0 Å². The van der Waals surface area contributed by atoms with E-state index >= 15 is 0 Å². The molecule has 3 rings (SSSR count). The molecule has 25 heavy (non-hydrogen) atoms. The van der Waals surface area contributed by atoms with E-state index in [0.717, 1.165) is 16.5 Å². The Hall–Kier alpha value is -2.55. The molecule has 0 aromatic carbocycles. The van der Waals surface area contributed by atoms with Crippen LogP contribution in [0, 0.1) is 0 Å². The lowest BCUT2D eigenvalue weighted by molar-refractivity contribution is -0.0450. The summed E-state index contributed by atoms with van der Waals surface area (Å²) in [4.78, 5) is 24.9. The van der Waals surface area contributed by atoms with Gasteiger partial charge in [0.25, 0.3) is 0 Å². The molecule has 9 nitrogen and oxygen atoms in total. The number of hydroxylamine groups is 2. The summed E-state index contributed by atoms with van der Waals surface area (Å²) in [5.41, 5.74) is 1.14. The summed E-state index contributed by atoms with van der Waals surface area (Å²) >= 11 is 0. The van der Waals surface area contributed by atoms with Crippen LogP contribution >= 0.6 is 0 Å². The molecule has 1 atom stereocenters. The van der Waals surface area contributed by atoms with Crippen molar-refractivity contribution in [1.29, 1.82) is 0 Å². The maximum absolute atomic E-state index is 11.8. The maximum atomic E-state index is 11.8. The van der Waals surface area contributed by atoms with E-state index in [1.807, 2.05) is 39.1 Å². The Morgan fingerprint density at radius 2 is 2.24 bits per heavy atom. The number of fused-ring (bicyclic) bond motifs is 2. The fraction of sp³-hybridized carbons (Fsp3) is 0.562. The Morgan fingerprint density at radius 1 is 1.48 bits per heavy atom. The van der Waals surface area contributed by atoms with Crippen LogP contribution in [0.2, 0.25) is 0 Å². The van der Waals surface area contributed by atoms with Gasteiger partial charge in [0.05, 0.1) is 24.0 Å². The number of rotatable bonds is 4. The number of carbonyl (C=O) groups is 2.